The number of carbonyl (C=O) groups excluding carboxylic acids is 1. The van der Waals surface area contributed by atoms with Crippen molar-refractivity contribution in [3.8, 4) is 5.75 Å². The van der Waals surface area contributed by atoms with E-state index in [1.54, 1.807) is 10.6 Å². The molecule has 3 aromatic rings. The Labute approximate surface area is 199 Å². The molecule has 1 unspecified atom stereocenters. The molecule has 1 aromatic heterocycles. The van der Waals surface area contributed by atoms with E-state index in [9.17, 15) is 14.7 Å². The maximum Gasteiger partial charge on any atom is 0.337 e. The molecule has 182 valence electrons. The lowest BCUT2D eigenvalue weighted by atomic mass is 9.96. The van der Waals surface area contributed by atoms with Crippen molar-refractivity contribution in [3.63, 3.8) is 0 Å². The molecule has 2 heterocycles. The Balaban J connectivity index is 1.26. The van der Waals surface area contributed by atoms with Gasteiger partial charge in [0.15, 0.2) is 0 Å². The monoisotopic (exact) mass is 466 g/mol. The van der Waals surface area contributed by atoms with Gasteiger partial charge in [0, 0.05) is 19.1 Å². The van der Waals surface area contributed by atoms with Crippen LogP contribution in [0.2, 0.25) is 0 Å². The van der Waals surface area contributed by atoms with Crippen molar-refractivity contribution < 1.29 is 14.6 Å². The van der Waals surface area contributed by atoms with Crippen LogP contribution in [0.3, 0.4) is 0 Å². The number of carbonyl (C=O) groups is 1. The highest BCUT2D eigenvalue weighted by Crippen LogP contribution is 2.19. The quantitative estimate of drug-likeness (QED) is 0.533. The lowest BCUT2D eigenvalue weighted by molar-refractivity contribution is 0.0552. The van der Waals surface area contributed by atoms with Crippen molar-refractivity contribution in [2.75, 3.05) is 32.8 Å². The van der Waals surface area contributed by atoms with Gasteiger partial charge in [-0.05, 0) is 70.0 Å². The predicted molar refractivity (Wildman–Crippen MR) is 132 cm³/mol. The number of piperidine rings is 1. The topological polar surface area (TPSA) is 88.7 Å². The molecule has 1 aliphatic rings. The van der Waals surface area contributed by atoms with E-state index in [0.717, 1.165) is 37.2 Å². The van der Waals surface area contributed by atoms with Gasteiger partial charge in [-0.2, -0.15) is 0 Å². The molecule has 8 nitrogen and oxygen atoms in total. The number of ether oxygens (including phenoxy) is 1. The molecule has 2 aromatic carbocycles. The maximum absolute atomic E-state index is 12.9. The zero-order valence-corrected chi connectivity index (χ0v) is 19.9. The summed E-state index contributed by atoms with van der Waals surface area (Å²) in [6.45, 7) is 6.95. The number of nitrogens with one attached hydrogen (secondary N) is 1. The highest BCUT2D eigenvalue weighted by molar-refractivity contribution is 5.89. The third-order valence-electron chi connectivity index (χ3n) is 6.40. The SMILES string of the molecule is CC(C)n1c(=O)n(C(=O)NCC2CCN(CC(O)COc3ccccc3)CC2)c2ccccc21. The van der Waals surface area contributed by atoms with E-state index in [4.69, 9.17) is 4.74 Å². The van der Waals surface area contributed by atoms with Crippen molar-refractivity contribution in [1.29, 1.82) is 0 Å². The van der Waals surface area contributed by atoms with E-state index in [1.807, 2.05) is 62.4 Å². The first-order valence-electron chi connectivity index (χ1n) is 12.0. The van der Waals surface area contributed by atoms with Crippen LogP contribution in [0.25, 0.3) is 11.0 Å². The first-order valence-corrected chi connectivity index (χ1v) is 12.0. The Bertz CT molecular complexity index is 1150. The number of nitrogens with zero attached hydrogens (tertiary/aromatic N) is 3. The minimum absolute atomic E-state index is 0.0378. The smallest absolute Gasteiger partial charge is 0.337 e. The second kappa shape index (κ2) is 10.9. The summed E-state index contributed by atoms with van der Waals surface area (Å²) >= 11 is 0. The van der Waals surface area contributed by atoms with Crippen LogP contribution in [0.15, 0.2) is 59.4 Å². The number of para-hydroxylation sites is 3. The Morgan fingerprint density at radius 3 is 2.38 bits per heavy atom. The average molecular weight is 467 g/mol. The van der Waals surface area contributed by atoms with Gasteiger partial charge in [0.1, 0.15) is 18.5 Å². The number of aliphatic hydroxyl groups is 1. The second-order valence-corrected chi connectivity index (χ2v) is 9.28. The molecule has 34 heavy (non-hydrogen) atoms. The molecule has 8 heteroatoms. The normalized spacial score (nSPS) is 16.1. The summed E-state index contributed by atoms with van der Waals surface area (Å²) in [5.74, 6) is 1.10. The number of rotatable bonds is 8. The summed E-state index contributed by atoms with van der Waals surface area (Å²) in [5.41, 5.74) is 1.08. The van der Waals surface area contributed by atoms with Crippen molar-refractivity contribution in [2.45, 2.75) is 38.8 Å². The Morgan fingerprint density at radius 2 is 1.71 bits per heavy atom. The number of fused-ring (bicyclic) bond motifs is 1. The number of hydrogen-bond acceptors (Lipinski definition) is 5. The molecular formula is C26H34N4O4. The summed E-state index contributed by atoms with van der Waals surface area (Å²) < 4.78 is 8.54. The number of β-amino-alcohol motifs (C(OH)–C–C–N with tert-alkyl or cyclic N) is 1. The van der Waals surface area contributed by atoms with Crippen LogP contribution in [0, 0.1) is 5.92 Å². The minimum Gasteiger partial charge on any atom is -0.491 e. The standard InChI is InChI=1S/C26H34N4O4/c1-19(2)29-23-10-6-7-11-24(23)30(26(29)33)25(32)27-16-20-12-14-28(15-13-20)17-21(31)18-34-22-8-4-3-5-9-22/h3-11,19-21,31H,12-18H2,1-2H3,(H,27,32). The van der Waals surface area contributed by atoms with Gasteiger partial charge in [-0.3, -0.25) is 4.57 Å². The fraction of sp³-hybridized carbons (Fsp3) is 0.462. The number of imidazole rings is 1. The van der Waals surface area contributed by atoms with Gasteiger partial charge in [-0.1, -0.05) is 30.3 Å². The lowest BCUT2D eigenvalue weighted by Gasteiger charge is -2.33. The number of aliphatic hydroxyl groups excluding tert-OH is 1. The van der Waals surface area contributed by atoms with Gasteiger partial charge < -0.3 is 20.1 Å². The van der Waals surface area contributed by atoms with Crippen LogP contribution in [-0.2, 0) is 0 Å². The number of likely N-dealkylation sites (tertiary alicyclic amines) is 1. The average Bonchev–Trinajstić information content (AvgIpc) is 3.14. The van der Waals surface area contributed by atoms with Crippen molar-refractivity contribution >= 4 is 17.1 Å². The third-order valence-corrected chi connectivity index (χ3v) is 6.40. The molecule has 0 bridgehead atoms. The van der Waals surface area contributed by atoms with E-state index in [0.29, 0.717) is 24.5 Å². The van der Waals surface area contributed by atoms with Gasteiger partial charge in [0.2, 0.25) is 0 Å². The fourth-order valence-corrected chi connectivity index (χ4v) is 4.61. The van der Waals surface area contributed by atoms with Crippen molar-refractivity contribution in [3.05, 3.63) is 65.1 Å². The number of amides is 1. The highest BCUT2D eigenvalue weighted by Gasteiger charge is 2.24. The number of aromatic nitrogens is 2. The summed E-state index contributed by atoms with van der Waals surface area (Å²) in [6.07, 6.45) is 1.30. The molecular weight excluding hydrogens is 432 g/mol. The second-order valence-electron chi connectivity index (χ2n) is 9.28. The van der Waals surface area contributed by atoms with Gasteiger partial charge in [0.05, 0.1) is 11.0 Å². The Kier molecular flexibility index (Phi) is 7.70. The van der Waals surface area contributed by atoms with Gasteiger partial charge in [-0.15, -0.1) is 0 Å². The van der Waals surface area contributed by atoms with E-state index in [1.165, 1.54) is 4.57 Å². The molecule has 1 fully saturated rings. The zero-order chi connectivity index (χ0) is 24.1. The van der Waals surface area contributed by atoms with Gasteiger partial charge in [0.25, 0.3) is 0 Å². The molecule has 0 saturated carbocycles. The fourth-order valence-electron chi connectivity index (χ4n) is 4.61. The minimum atomic E-state index is -0.554. The van der Waals surface area contributed by atoms with Crippen LogP contribution >= 0.6 is 0 Å². The van der Waals surface area contributed by atoms with E-state index in [2.05, 4.69) is 10.2 Å². The Morgan fingerprint density at radius 1 is 1.06 bits per heavy atom. The molecule has 0 aliphatic carbocycles. The lowest BCUT2D eigenvalue weighted by Crippen LogP contribution is -2.44. The summed E-state index contributed by atoms with van der Waals surface area (Å²) in [5, 5.41) is 13.3. The number of benzene rings is 2. The largest absolute Gasteiger partial charge is 0.491 e. The molecule has 4 rings (SSSR count). The number of hydrogen-bond donors (Lipinski definition) is 2. The molecule has 1 saturated heterocycles. The molecule has 1 amide bonds. The third kappa shape index (κ3) is 5.51. The summed E-state index contributed by atoms with van der Waals surface area (Å²) in [6, 6.07) is 16.5. The van der Waals surface area contributed by atoms with Crippen LogP contribution in [0.1, 0.15) is 32.7 Å². The van der Waals surface area contributed by atoms with Crippen LogP contribution in [0.5, 0.6) is 5.75 Å². The summed E-state index contributed by atoms with van der Waals surface area (Å²) in [4.78, 5) is 28.1. The Hall–Kier alpha value is -3.10. The van der Waals surface area contributed by atoms with Crippen LogP contribution in [-0.4, -0.2) is 64.1 Å². The van der Waals surface area contributed by atoms with E-state index >= 15 is 0 Å². The molecule has 1 aliphatic heterocycles. The summed E-state index contributed by atoms with van der Waals surface area (Å²) in [7, 11) is 0. The van der Waals surface area contributed by atoms with Crippen molar-refractivity contribution in [1.82, 2.24) is 19.4 Å². The predicted octanol–water partition coefficient (Wildman–Crippen LogP) is 3.09. The zero-order valence-electron chi connectivity index (χ0n) is 19.9. The van der Waals surface area contributed by atoms with Crippen LogP contribution < -0.4 is 15.7 Å². The molecule has 2 N–H and O–H groups in total. The highest BCUT2D eigenvalue weighted by atomic mass is 16.5. The first-order chi connectivity index (χ1) is 16.4. The van der Waals surface area contributed by atoms with Gasteiger partial charge >= 0.3 is 11.7 Å². The van der Waals surface area contributed by atoms with Crippen molar-refractivity contribution in [2.24, 2.45) is 5.92 Å². The molecule has 0 radical (unpaired) electrons. The van der Waals surface area contributed by atoms with Crippen LogP contribution in [0.4, 0.5) is 4.79 Å². The first kappa shape index (κ1) is 24.0. The molecule has 1 atom stereocenters. The van der Waals surface area contributed by atoms with Gasteiger partial charge in [-0.25, -0.2) is 14.2 Å². The maximum atomic E-state index is 12.9. The molecule has 0 spiro atoms. The van der Waals surface area contributed by atoms with E-state index in [-0.39, 0.29) is 24.4 Å². The van der Waals surface area contributed by atoms with E-state index < -0.39 is 6.10 Å².